The monoisotopic (exact) mass is 242 g/mol. The largest absolute Gasteiger partial charge is 0.394 e. The maximum Gasteiger partial charge on any atom is 0.175 e. The summed E-state index contributed by atoms with van der Waals surface area (Å²) >= 11 is 0. The van der Waals surface area contributed by atoms with Crippen LogP contribution in [0.4, 0.5) is 17.2 Å². The SMILES string of the molecule is Cn1cc(N)c(Nc2cccc3c2CCCC3)n1. The van der Waals surface area contributed by atoms with Gasteiger partial charge >= 0.3 is 0 Å². The van der Waals surface area contributed by atoms with Crippen LogP contribution in [0.3, 0.4) is 0 Å². The lowest BCUT2D eigenvalue weighted by molar-refractivity contribution is 0.687. The topological polar surface area (TPSA) is 55.9 Å². The second kappa shape index (κ2) is 4.37. The Morgan fingerprint density at radius 2 is 2.11 bits per heavy atom. The molecule has 3 rings (SSSR count). The zero-order chi connectivity index (χ0) is 12.5. The molecular weight excluding hydrogens is 224 g/mol. The highest BCUT2D eigenvalue weighted by atomic mass is 15.3. The van der Waals surface area contributed by atoms with Crippen LogP contribution in [-0.4, -0.2) is 9.78 Å². The lowest BCUT2D eigenvalue weighted by Crippen LogP contribution is -2.07. The van der Waals surface area contributed by atoms with Gasteiger partial charge in [0, 0.05) is 18.9 Å². The summed E-state index contributed by atoms with van der Waals surface area (Å²) in [5.41, 5.74) is 10.6. The normalized spacial score (nSPS) is 14.3. The molecule has 1 aliphatic rings. The summed E-state index contributed by atoms with van der Waals surface area (Å²) in [6, 6.07) is 6.44. The van der Waals surface area contributed by atoms with Gasteiger partial charge in [-0.15, -0.1) is 0 Å². The molecule has 94 valence electrons. The first kappa shape index (κ1) is 11.1. The summed E-state index contributed by atoms with van der Waals surface area (Å²) in [6.45, 7) is 0. The number of fused-ring (bicyclic) bond motifs is 1. The number of aryl methyl sites for hydroxylation is 2. The standard InChI is InChI=1S/C14H18N4/c1-18-9-12(15)14(17-18)16-13-8-4-6-10-5-2-3-7-11(10)13/h4,6,8-9H,2-3,5,7,15H2,1H3,(H,16,17). The van der Waals surface area contributed by atoms with Crippen LogP contribution in [0.5, 0.6) is 0 Å². The van der Waals surface area contributed by atoms with Gasteiger partial charge < -0.3 is 11.1 Å². The number of aromatic nitrogens is 2. The lowest BCUT2D eigenvalue weighted by Gasteiger charge is -2.19. The van der Waals surface area contributed by atoms with Crippen LogP contribution in [0.1, 0.15) is 24.0 Å². The van der Waals surface area contributed by atoms with Crippen LogP contribution in [0, 0.1) is 0 Å². The average molecular weight is 242 g/mol. The molecule has 1 aromatic carbocycles. The Morgan fingerprint density at radius 1 is 1.28 bits per heavy atom. The third-order valence-electron chi connectivity index (χ3n) is 3.51. The molecule has 0 saturated heterocycles. The van der Waals surface area contributed by atoms with E-state index >= 15 is 0 Å². The van der Waals surface area contributed by atoms with Gasteiger partial charge in [-0.1, -0.05) is 12.1 Å². The Hall–Kier alpha value is -1.97. The van der Waals surface area contributed by atoms with E-state index in [2.05, 4.69) is 28.6 Å². The van der Waals surface area contributed by atoms with E-state index in [0.29, 0.717) is 5.69 Å². The highest BCUT2D eigenvalue weighted by molar-refractivity contribution is 5.70. The van der Waals surface area contributed by atoms with E-state index in [1.807, 2.05) is 13.2 Å². The van der Waals surface area contributed by atoms with Crippen LogP contribution in [0.25, 0.3) is 0 Å². The summed E-state index contributed by atoms with van der Waals surface area (Å²) in [7, 11) is 1.88. The molecule has 0 radical (unpaired) electrons. The molecule has 0 aliphatic heterocycles. The number of hydrogen-bond donors (Lipinski definition) is 2. The lowest BCUT2D eigenvalue weighted by atomic mass is 9.90. The van der Waals surface area contributed by atoms with Gasteiger partial charge in [0.2, 0.25) is 0 Å². The van der Waals surface area contributed by atoms with Crippen molar-refractivity contribution in [2.24, 2.45) is 7.05 Å². The molecule has 1 aliphatic carbocycles. The Balaban J connectivity index is 1.95. The zero-order valence-electron chi connectivity index (χ0n) is 10.6. The fraction of sp³-hybridized carbons (Fsp3) is 0.357. The van der Waals surface area contributed by atoms with Gasteiger partial charge in [-0.05, 0) is 42.9 Å². The van der Waals surface area contributed by atoms with Crippen molar-refractivity contribution in [1.29, 1.82) is 0 Å². The molecule has 4 heteroatoms. The van der Waals surface area contributed by atoms with Crippen LogP contribution >= 0.6 is 0 Å². The Bertz CT molecular complexity index is 571. The van der Waals surface area contributed by atoms with Gasteiger partial charge in [-0.2, -0.15) is 5.10 Å². The molecule has 1 heterocycles. The van der Waals surface area contributed by atoms with E-state index in [9.17, 15) is 0 Å². The molecule has 2 aromatic rings. The second-order valence-corrected chi connectivity index (χ2v) is 4.88. The van der Waals surface area contributed by atoms with E-state index in [1.54, 1.807) is 4.68 Å². The van der Waals surface area contributed by atoms with Crippen LogP contribution in [-0.2, 0) is 19.9 Å². The Kier molecular flexibility index (Phi) is 2.70. The smallest absolute Gasteiger partial charge is 0.175 e. The van der Waals surface area contributed by atoms with Gasteiger partial charge in [0.25, 0.3) is 0 Å². The minimum atomic E-state index is 0.686. The number of nitrogen functional groups attached to an aromatic ring is 1. The van der Waals surface area contributed by atoms with Crippen molar-refractivity contribution >= 4 is 17.2 Å². The second-order valence-electron chi connectivity index (χ2n) is 4.88. The summed E-state index contributed by atoms with van der Waals surface area (Å²) in [5.74, 6) is 0.747. The summed E-state index contributed by atoms with van der Waals surface area (Å²) < 4.78 is 1.73. The van der Waals surface area contributed by atoms with E-state index in [-0.39, 0.29) is 0 Å². The average Bonchev–Trinajstić information content (AvgIpc) is 2.68. The van der Waals surface area contributed by atoms with Crippen LogP contribution < -0.4 is 11.1 Å². The molecule has 0 amide bonds. The first-order valence-corrected chi connectivity index (χ1v) is 6.41. The van der Waals surface area contributed by atoms with Gasteiger partial charge in [0.05, 0.1) is 5.69 Å². The Labute approximate surface area is 107 Å². The molecule has 0 unspecified atom stereocenters. The van der Waals surface area contributed by atoms with E-state index in [4.69, 9.17) is 5.73 Å². The number of anilines is 3. The Morgan fingerprint density at radius 3 is 2.89 bits per heavy atom. The third kappa shape index (κ3) is 1.94. The zero-order valence-corrected chi connectivity index (χ0v) is 10.6. The van der Waals surface area contributed by atoms with Crippen molar-refractivity contribution in [2.75, 3.05) is 11.1 Å². The highest BCUT2D eigenvalue weighted by Gasteiger charge is 2.14. The van der Waals surface area contributed by atoms with Crippen molar-refractivity contribution in [2.45, 2.75) is 25.7 Å². The van der Waals surface area contributed by atoms with E-state index < -0.39 is 0 Å². The van der Waals surface area contributed by atoms with E-state index in [1.165, 1.54) is 30.4 Å². The number of rotatable bonds is 2. The van der Waals surface area contributed by atoms with Gasteiger partial charge in [-0.25, -0.2) is 0 Å². The summed E-state index contributed by atoms with van der Waals surface area (Å²) in [5, 5.41) is 7.70. The predicted molar refractivity (Wildman–Crippen MR) is 74.0 cm³/mol. The maximum absolute atomic E-state index is 5.92. The fourth-order valence-corrected chi connectivity index (χ4v) is 2.63. The highest BCUT2D eigenvalue weighted by Crippen LogP contribution is 2.30. The van der Waals surface area contributed by atoms with Gasteiger partial charge in [0.15, 0.2) is 5.82 Å². The first-order valence-electron chi connectivity index (χ1n) is 6.41. The van der Waals surface area contributed by atoms with Crippen molar-refractivity contribution in [3.63, 3.8) is 0 Å². The first-order chi connectivity index (χ1) is 8.74. The fourth-order valence-electron chi connectivity index (χ4n) is 2.63. The minimum Gasteiger partial charge on any atom is -0.394 e. The van der Waals surface area contributed by atoms with Crippen LogP contribution in [0.2, 0.25) is 0 Å². The summed E-state index contributed by atoms with van der Waals surface area (Å²) in [6.07, 6.45) is 6.71. The number of nitrogens with two attached hydrogens (primary N) is 1. The molecule has 1 aromatic heterocycles. The maximum atomic E-state index is 5.92. The molecule has 0 bridgehead atoms. The number of nitrogens with zero attached hydrogens (tertiary/aromatic N) is 2. The van der Waals surface area contributed by atoms with Crippen LogP contribution in [0.15, 0.2) is 24.4 Å². The molecule has 3 N–H and O–H groups in total. The predicted octanol–water partition coefficient (Wildman–Crippen LogP) is 2.62. The van der Waals surface area contributed by atoms with Crippen molar-refractivity contribution < 1.29 is 0 Å². The van der Waals surface area contributed by atoms with Crippen molar-refractivity contribution in [1.82, 2.24) is 9.78 Å². The van der Waals surface area contributed by atoms with Crippen molar-refractivity contribution in [3.8, 4) is 0 Å². The van der Waals surface area contributed by atoms with Crippen molar-refractivity contribution in [3.05, 3.63) is 35.5 Å². The molecule has 4 nitrogen and oxygen atoms in total. The number of hydrogen-bond acceptors (Lipinski definition) is 3. The molecule has 0 spiro atoms. The van der Waals surface area contributed by atoms with E-state index in [0.717, 1.165) is 17.9 Å². The number of benzene rings is 1. The minimum absolute atomic E-state index is 0.686. The van der Waals surface area contributed by atoms with Gasteiger partial charge in [-0.3, -0.25) is 4.68 Å². The summed E-state index contributed by atoms with van der Waals surface area (Å²) in [4.78, 5) is 0. The number of nitrogens with one attached hydrogen (secondary N) is 1. The van der Waals surface area contributed by atoms with Gasteiger partial charge in [0.1, 0.15) is 0 Å². The molecule has 0 fully saturated rings. The molecule has 0 atom stereocenters. The molecular formula is C14H18N4. The molecule has 0 saturated carbocycles. The third-order valence-corrected chi connectivity index (χ3v) is 3.51. The molecule has 18 heavy (non-hydrogen) atoms. The quantitative estimate of drug-likeness (QED) is 0.851.